The van der Waals surface area contributed by atoms with E-state index in [1.165, 1.54) is 6.42 Å². The zero-order chi connectivity index (χ0) is 9.68. The van der Waals surface area contributed by atoms with Crippen molar-refractivity contribution < 1.29 is 4.74 Å². The second kappa shape index (κ2) is 5.58. The van der Waals surface area contributed by atoms with Gasteiger partial charge in [0.2, 0.25) is 0 Å². The number of hydrogen-bond acceptors (Lipinski definition) is 3. The van der Waals surface area contributed by atoms with Crippen LogP contribution in [-0.2, 0) is 4.74 Å². The maximum atomic E-state index is 5.37. The molecule has 13 heavy (non-hydrogen) atoms. The molecule has 2 atom stereocenters. The van der Waals surface area contributed by atoms with Crippen molar-refractivity contribution in [3.8, 4) is 0 Å². The Bertz CT molecular complexity index is 135. The molecule has 0 spiro atoms. The molecule has 0 aliphatic carbocycles. The van der Waals surface area contributed by atoms with E-state index < -0.39 is 0 Å². The quantitative estimate of drug-likeness (QED) is 0.684. The molecule has 1 fully saturated rings. The monoisotopic (exact) mass is 186 g/mol. The van der Waals surface area contributed by atoms with Gasteiger partial charge >= 0.3 is 0 Å². The van der Waals surface area contributed by atoms with Gasteiger partial charge in [0, 0.05) is 25.2 Å². The van der Waals surface area contributed by atoms with Gasteiger partial charge in [-0.3, -0.25) is 4.90 Å². The van der Waals surface area contributed by atoms with Gasteiger partial charge in [0.15, 0.2) is 0 Å². The zero-order valence-corrected chi connectivity index (χ0v) is 9.05. The van der Waals surface area contributed by atoms with Crippen LogP contribution in [0.1, 0.15) is 20.3 Å². The number of ether oxygens (including phenoxy) is 1. The van der Waals surface area contributed by atoms with Crippen LogP contribution in [0.3, 0.4) is 0 Å². The molecule has 1 aliphatic heterocycles. The highest BCUT2D eigenvalue weighted by molar-refractivity contribution is 4.77. The highest BCUT2D eigenvalue weighted by Gasteiger charge is 2.23. The largest absolute Gasteiger partial charge is 0.380 e. The van der Waals surface area contributed by atoms with Crippen LogP contribution in [0.5, 0.6) is 0 Å². The summed E-state index contributed by atoms with van der Waals surface area (Å²) < 4.78 is 5.37. The third-order valence-corrected chi connectivity index (χ3v) is 2.87. The number of likely N-dealkylation sites (N-methyl/N-ethyl adjacent to an activating group) is 2. The molecule has 0 bridgehead atoms. The number of hydrogen-bond donors (Lipinski definition) is 1. The van der Waals surface area contributed by atoms with E-state index in [4.69, 9.17) is 4.74 Å². The average molecular weight is 186 g/mol. The first-order valence-electron chi connectivity index (χ1n) is 5.26. The molecule has 1 saturated heterocycles. The molecular weight excluding hydrogens is 164 g/mol. The Morgan fingerprint density at radius 3 is 2.92 bits per heavy atom. The normalized spacial score (nSPS) is 25.4. The van der Waals surface area contributed by atoms with E-state index in [0.717, 1.165) is 26.3 Å². The summed E-state index contributed by atoms with van der Waals surface area (Å²) in [5, 5.41) is 3.37. The summed E-state index contributed by atoms with van der Waals surface area (Å²) in [4.78, 5) is 2.43. The van der Waals surface area contributed by atoms with Crippen molar-refractivity contribution in [1.82, 2.24) is 10.2 Å². The first-order chi connectivity index (χ1) is 6.25. The van der Waals surface area contributed by atoms with E-state index in [1.54, 1.807) is 0 Å². The van der Waals surface area contributed by atoms with Gasteiger partial charge in [0.1, 0.15) is 0 Å². The number of rotatable bonds is 5. The van der Waals surface area contributed by atoms with Gasteiger partial charge in [-0.1, -0.05) is 6.92 Å². The molecule has 1 aliphatic rings. The summed E-state index contributed by atoms with van der Waals surface area (Å²) in [6.45, 7) is 8.38. The molecule has 2 unspecified atom stereocenters. The summed E-state index contributed by atoms with van der Waals surface area (Å²) >= 11 is 0. The van der Waals surface area contributed by atoms with Crippen LogP contribution in [0.15, 0.2) is 0 Å². The third kappa shape index (κ3) is 3.25. The minimum absolute atomic E-state index is 0.603. The van der Waals surface area contributed by atoms with Crippen molar-refractivity contribution in [3.05, 3.63) is 0 Å². The molecule has 1 rings (SSSR count). The molecular formula is C10H22N2O. The minimum atomic E-state index is 0.603. The van der Waals surface area contributed by atoms with E-state index in [2.05, 4.69) is 31.1 Å². The fourth-order valence-electron chi connectivity index (χ4n) is 1.70. The van der Waals surface area contributed by atoms with Crippen LogP contribution in [0.2, 0.25) is 0 Å². The van der Waals surface area contributed by atoms with E-state index in [-0.39, 0.29) is 0 Å². The standard InChI is InChI=1S/C10H22N2O/c1-4-11-7-9(2)12(3)10-5-6-13-8-10/h9-11H,4-8H2,1-3H3. The maximum absolute atomic E-state index is 5.37. The second-order valence-electron chi connectivity index (χ2n) is 3.84. The van der Waals surface area contributed by atoms with Gasteiger partial charge in [-0.25, -0.2) is 0 Å². The van der Waals surface area contributed by atoms with Crippen molar-refractivity contribution in [2.45, 2.75) is 32.4 Å². The predicted molar refractivity (Wildman–Crippen MR) is 55.0 cm³/mol. The summed E-state index contributed by atoms with van der Waals surface area (Å²) in [7, 11) is 2.20. The molecule has 3 heteroatoms. The third-order valence-electron chi connectivity index (χ3n) is 2.87. The molecule has 1 heterocycles. The van der Waals surface area contributed by atoms with Gasteiger partial charge < -0.3 is 10.1 Å². The van der Waals surface area contributed by atoms with Gasteiger partial charge in [0.25, 0.3) is 0 Å². The Hall–Kier alpha value is -0.120. The van der Waals surface area contributed by atoms with Crippen LogP contribution in [0, 0.1) is 0 Å². The molecule has 78 valence electrons. The van der Waals surface area contributed by atoms with Crippen molar-refractivity contribution >= 4 is 0 Å². The molecule has 0 aromatic rings. The lowest BCUT2D eigenvalue weighted by atomic mass is 10.2. The predicted octanol–water partition coefficient (Wildman–Crippen LogP) is 0.705. The summed E-state index contributed by atoms with van der Waals surface area (Å²) in [6.07, 6.45) is 1.19. The van der Waals surface area contributed by atoms with Crippen molar-refractivity contribution in [2.24, 2.45) is 0 Å². The van der Waals surface area contributed by atoms with E-state index in [1.807, 2.05) is 0 Å². The number of nitrogens with one attached hydrogen (secondary N) is 1. The Morgan fingerprint density at radius 2 is 2.38 bits per heavy atom. The van der Waals surface area contributed by atoms with Crippen LogP contribution in [-0.4, -0.2) is 50.3 Å². The smallest absolute Gasteiger partial charge is 0.0622 e. The zero-order valence-electron chi connectivity index (χ0n) is 9.05. The van der Waals surface area contributed by atoms with Crippen LogP contribution < -0.4 is 5.32 Å². The first kappa shape index (κ1) is 11.0. The minimum Gasteiger partial charge on any atom is -0.380 e. The average Bonchev–Trinajstić information content (AvgIpc) is 2.65. The molecule has 3 nitrogen and oxygen atoms in total. The van der Waals surface area contributed by atoms with E-state index >= 15 is 0 Å². The van der Waals surface area contributed by atoms with Gasteiger partial charge in [-0.05, 0) is 26.9 Å². The van der Waals surface area contributed by atoms with Crippen molar-refractivity contribution in [3.63, 3.8) is 0 Å². The van der Waals surface area contributed by atoms with Crippen LogP contribution in [0.25, 0.3) is 0 Å². The van der Waals surface area contributed by atoms with Gasteiger partial charge in [0.05, 0.1) is 6.61 Å². The SMILES string of the molecule is CCNCC(C)N(C)C1CCOC1. The topological polar surface area (TPSA) is 24.5 Å². The lowest BCUT2D eigenvalue weighted by molar-refractivity contribution is 0.137. The number of nitrogens with zero attached hydrogens (tertiary/aromatic N) is 1. The fourth-order valence-corrected chi connectivity index (χ4v) is 1.70. The summed E-state index contributed by atoms with van der Waals surface area (Å²) in [5.74, 6) is 0. The van der Waals surface area contributed by atoms with Gasteiger partial charge in [-0.15, -0.1) is 0 Å². The van der Waals surface area contributed by atoms with Crippen molar-refractivity contribution in [1.29, 1.82) is 0 Å². The van der Waals surface area contributed by atoms with Crippen molar-refractivity contribution in [2.75, 3.05) is 33.4 Å². The summed E-state index contributed by atoms with van der Waals surface area (Å²) in [5.41, 5.74) is 0. The molecule has 1 N–H and O–H groups in total. The molecule has 0 saturated carbocycles. The summed E-state index contributed by atoms with van der Waals surface area (Å²) in [6, 6.07) is 1.24. The molecule has 0 aromatic heterocycles. The highest BCUT2D eigenvalue weighted by Crippen LogP contribution is 2.12. The van der Waals surface area contributed by atoms with Gasteiger partial charge in [-0.2, -0.15) is 0 Å². The second-order valence-corrected chi connectivity index (χ2v) is 3.84. The molecule has 0 amide bonds. The highest BCUT2D eigenvalue weighted by atomic mass is 16.5. The fraction of sp³-hybridized carbons (Fsp3) is 1.00. The van der Waals surface area contributed by atoms with E-state index in [0.29, 0.717) is 12.1 Å². The van der Waals surface area contributed by atoms with Crippen LogP contribution >= 0.6 is 0 Å². The first-order valence-corrected chi connectivity index (χ1v) is 5.26. The Kier molecular flexibility index (Phi) is 4.70. The Morgan fingerprint density at radius 1 is 1.62 bits per heavy atom. The molecule has 0 radical (unpaired) electrons. The Labute approximate surface area is 81.4 Å². The van der Waals surface area contributed by atoms with Crippen LogP contribution in [0.4, 0.5) is 0 Å². The molecule has 0 aromatic carbocycles. The Balaban J connectivity index is 2.23. The maximum Gasteiger partial charge on any atom is 0.0622 e. The lowest BCUT2D eigenvalue weighted by Gasteiger charge is -2.29. The van der Waals surface area contributed by atoms with E-state index in [9.17, 15) is 0 Å². The lowest BCUT2D eigenvalue weighted by Crippen LogP contribution is -2.44.